The number of carbonyl (C=O) groups is 3. The number of ketones is 1. The minimum atomic E-state index is -1.64. The molecule has 0 N–H and O–H groups in total. The van der Waals surface area contributed by atoms with Gasteiger partial charge in [-0.05, 0) is 34.1 Å². The van der Waals surface area contributed by atoms with E-state index in [1.807, 2.05) is 0 Å². The summed E-state index contributed by atoms with van der Waals surface area (Å²) in [4.78, 5) is 37.9. The fourth-order valence-corrected chi connectivity index (χ4v) is 2.11. The molecule has 1 amide bonds. The first-order chi connectivity index (χ1) is 9.63. The van der Waals surface area contributed by atoms with Crippen LogP contribution in [0.15, 0.2) is 12.7 Å². The summed E-state index contributed by atoms with van der Waals surface area (Å²) in [5, 5.41) is 0. The van der Waals surface area contributed by atoms with Gasteiger partial charge in [0.2, 0.25) is 0 Å². The molecule has 118 valence electrons. The number of nitrogens with zero attached hydrogens (tertiary/aromatic N) is 1. The Bertz CT molecular complexity index is 451. The van der Waals surface area contributed by atoms with Gasteiger partial charge in [0.05, 0.1) is 0 Å². The highest BCUT2D eigenvalue weighted by atomic mass is 16.6. The van der Waals surface area contributed by atoms with Crippen LogP contribution in [0, 0.1) is 0 Å². The van der Waals surface area contributed by atoms with Crippen LogP contribution in [0.25, 0.3) is 0 Å². The predicted octanol–water partition coefficient (Wildman–Crippen LogP) is 2.07. The second-order valence-electron chi connectivity index (χ2n) is 6.12. The average Bonchev–Trinajstić information content (AvgIpc) is 2.36. The Morgan fingerprint density at radius 3 is 2.57 bits per heavy atom. The van der Waals surface area contributed by atoms with Crippen molar-refractivity contribution in [2.24, 2.45) is 0 Å². The molecule has 21 heavy (non-hydrogen) atoms. The van der Waals surface area contributed by atoms with Gasteiger partial charge in [-0.2, -0.15) is 0 Å². The van der Waals surface area contributed by atoms with E-state index in [-0.39, 0.29) is 25.4 Å². The number of piperidine rings is 1. The standard InChI is InChI=1S/C15H23NO5/c1-6-10-20-12(18)15(5)11(17)8-7-9-16(15)13(19)21-14(2,3)4/h6H,1,7-10H2,2-5H3. The van der Waals surface area contributed by atoms with E-state index in [0.717, 1.165) is 4.90 Å². The molecule has 0 aromatic heterocycles. The minimum Gasteiger partial charge on any atom is -0.459 e. The van der Waals surface area contributed by atoms with Gasteiger partial charge < -0.3 is 9.47 Å². The van der Waals surface area contributed by atoms with Crippen LogP contribution in [-0.2, 0) is 19.1 Å². The molecule has 1 rings (SSSR count). The first kappa shape index (κ1) is 17.2. The zero-order valence-electron chi connectivity index (χ0n) is 13.1. The van der Waals surface area contributed by atoms with Crippen molar-refractivity contribution in [3.8, 4) is 0 Å². The fourth-order valence-electron chi connectivity index (χ4n) is 2.11. The van der Waals surface area contributed by atoms with Gasteiger partial charge in [-0.3, -0.25) is 9.69 Å². The Morgan fingerprint density at radius 1 is 1.43 bits per heavy atom. The topological polar surface area (TPSA) is 72.9 Å². The molecule has 1 fully saturated rings. The molecule has 1 saturated heterocycles. The highest BCUT2D eigenvalue weighted by Gasteiger charge is 2.52. The zero-order valence-corrected chi connectivity index (χ0v) is 13.1. The highest BCUT2D eigenvalue weighted by molar-refractivity contribution is 6.10. The van der Waals surface area contributed by atoms with Crippen LogP contribution in [0.2, 0.25) is 0 Å². The van der Waals surface area contributed by atoms with E-state index in [1.165, 1.54) is 13.0 Å². The van der Waals surface area contributed by atoms with Gasteiger partial charge in [-0.1, -0.05) is 12.7 Å². The normalized spacial score (nSPS) is 22.7. The van der Waals surface area contributed by atoms with Crippen LogP contribution in [0.4, 0.5) is 4.79 Å². The summed E-state index contributed by atoms with van der Waals surface area (Å²) in [6.07, 6.45) is 1.46. The van der Waals surface area contributed by atoms with Gasteiger partial charge >= 0.3 is 12.1 Å². The highest BCUT2D eigenvalue weighted by Crippen LogP contribution is 2.28. The molecule has 1 heterocycles. The summed E-state index contributed by atoms with van der Waals surface area (Å²) in [5.74, 6) is -1.09. The smallest absolute Gasteiger partial charge is 0.411 e. The minimum absolute atomic E-state index is 0.0101. The third kappa shape index (κ3) is 3.83. The van der Waals surface area contributed by atoms with Gasteiger partial charge in [0, 0.05) is 13.0 Å². The number of ether oxygens (including phenoxy) is 2. The second-order valence-corrected chi connectivity index (χ2v) is 6.12. The lowest BCUT2D eigenvalue weighted by Crippen LogP contribution is -2.63. The van der Waals surface area contributed by atoms with Crippen molar-refractivity contribution in [2.75, 3.05) is 13.2 Å². The van der Waals surface area contributed by atoms with Crippen LogP contribution in [-0.4, -0.2) is 47.0 Å². The third-order valence-corrected chi connectivity index (χ3v) is 3.21. The molecule has 6 nitrogen and oxygen atoms in total. The number of likely N-dealkylation sites (tertiary alicyclic amines) is 1. The largest absolute Gasteiger partial charge is 0.459 e. The maximum Gasteiger partial charge on any atom is 0.411 e. The quantitative estimate of drug-likeness (QED) is 0.453. The van der Waals surface area contributed by atoms with Gasteiger partial charge in [0.1, 0.15) is 12.2 Å². The number of amides is 1. The average molecular weight is 297 g/mol. The second kappa shape index (κ2) is 6.28. The summed E-state index contributed by atoms with van der Waals surface area (Å²) < 4.78 is 10.3. The van der Waals surface area contributed by atoms with E-state index in [4.69, 9.17) is 9.47 Å². The van der Waals surface area contributed by atoms with E-state index in [9.17, 15) is 14.4 Å². The Labute approximate surface area is 125 Å². The molecule has 0 radical (unpaired) electrons. The van der Waals surface area contributed by atoms with Crippen molar-refractivity contribution in [3.63, 3.8) is 0 Å². The van der Waals surface area contributed by atoms with Gasteiger partial charge in [0.15, 0.2) is 11.3 Å². The van der Waals surface area contributed by atoms with Gasteiger partial charge in [0.25, 0.3) is 0 Å². The number of esters is 1. The lowest BCUT2D eigenvalue weighted by Gasteiger charge is -2.41. The van der Waals surface area contributed by atoms with E-state index in [2.05, 4.69) is 6.58 Å². The van der Waals surface area contributed by atoms with Crippen molar-refractivity contribution >= 4 is 17.8 Å². The monoisotopic (exact) mass is 297 g/mol. The predicted molar refractivity (Wildman–Crippen MR) is 76.7 cm³/mol. The van der Waals surface area contributed by atoms with Crippen molar-refractivity contribution < 1.29 is 23.9 Å². The van der Waals surface area contributed by atoms with E-state index in [0.29, 0.717) is 6.42 Å². The van der Waals surface area contributed by atoms with Crippen LogP contribution in [0.1, 0.15) is 40.5 Å². The molecule has 0 spiro atoms. The number of hydrogen-bond acceptors (Lipinski definition) is 5. The van der Waals surface area contributed by atoms with E-state index < -0.39 is 23.2 Å². The van der Waals surface area contributed by atoms with Crippen molar-refractivity contribution in [2.45, 2.75) is 51.7 Å². The van der Waals surface area contributed by atoms with Gasteiger partial charge in [-0.25, -0.2) is 9.59 Å². The van der Waals surface area contributed by atoms with Crippen molar-refractivity contribution in [1.29, 1.82) is 0 Å². The number of rotatable bonds is 3. The molecule has 1 aliphatic rings. The maximum atomic E-state index is 12.3. The number of Topliss-reactive ketones (excluding diaryl/α,β-unsaturated/α-hetero) is 1. The summed E-state index contributed by atoms with van der Waals surface area (Å²) >= 11 is 0. The van der Waals surface area contributed by atoms with Crippen molar-refractivity contribution in [1.82, 2.24) is 4.90 Å². The molecule has 1 aliphatic heterocycles. The first-order valence-electron chi connectivity index (χ1n) is 6.95. The molecule has 6 heteroatoms. The summed E-state index contributed by atoms with van der Waals surface area (Å²) in [7, 11) is 0. The maximum absolute atomic E-state index is 12.3. The summed E-state index contributed by atoms with van der Waals surface area (Å²) in [6.45, 7) is 10.3. The Hall–Kier alpha value is -1.85. The van der Waals surface area contributed by atoms with Crippen LogP contribution >= 0.6 is 0 Å². The molecule has 0 aromatic carbocycles. The van der Waals surface area contributed by atoms with Crippen LogP contribution in [0.5, 0.6) is 0 Å². The van der Waals surface area contributed by atoms with E-state index >= 15 is 0 Å². The molecule has 1 atom stereocenters. The van der Waals surface area contributed by atoms with Crippen molar-refractivity contribution in [3.05, 3.63) is 12.7 Å². The zero-order chi connectivity index (χ0) is 16.3. The lowest BCUT2D eigenvalue weighted by molar-refractivity contribution is -0.162. The SMILES string of the molecule is C=CCOC(=O)C1(C)C(=O)CCCN1C(=O)OC(C)(C)C. The Balaban J connectivity index is 3.03. The lowest BCUT2D eigenvalue weighted by atomic mass is 9.87. The fraction of sp³-hybridized carbons (Fsp3) is 0.667. The molecule has 0 bridgehead atoms. The number of hydrogen-bond donors (Lipinski definition) is 0. The third-order valence-electron chi connectivity index (χ3n) is 3.21. The summed E-state index contributed by atoms with van der Waals surface area (Å²) in [5.41, 5.74) is -2.34. The van der Waals surface area contributed by atoms with Crippen LogP contribution in [0.3, 0.4) is 0 Å². The molecule has 1 unspecified atom stereocenters. The van der Waals surface area contributed by atoms with Gasteiger partial charge in [-0.15, -0.1) is 0 Å². The Morgan fingerprint density at radius 2 is 2.05 bits per heavy atom. The number of carbonyl (C=O) groups excluding carboxylic acids is 3. The molecular formula is C15H23NO5. The molecular weight excluding hydrogens is 274 g/mol. The molecule has 0 aliphatic carbocycles. The molecule has 0 aromatic rings. The molecule has 0 saturated carbocycles. The summed E-state index contributed by atoms with van der Waals surface area (Å²) in [6, 6.07) is 0. The van der Waals surface area contributed by atoms with Crippen LogP contribution < -0.4 is 0 Å². The first-order valence-corrected chi connectivity index (χ1v) is 6.95. The Kier molecular flexibility index (Phi) is 5.15. The van der Waals surface area contributed by atoms with E-state index in [1.54, 1.807) is 20.8 Å².